The molecule has 2 aromatic heterocycles. The molecule has 0 fully saturated rings. The summed E-state index contributed by atoms with van der Waals surface area (Å²) in [5.41, 5.74) is 6.24. The van der Waals surface area contributed by atoms with Crippen molar-refractivity contribution in [2.75, 3.05) is 6.54 Å². The summed E-state index contributed by atoms with van der Waals surface area (Å²) in [6, 6.07) is 5.77. The maximum atomic E-state index is 11.8. The van der Waals surface area contributed by atoms with Gasteiger partial charge in [-0.3, -0.25) is 10.1 Å². The van der Waals surface area contributed by atoms with Crippen LogP contribution < -0.4 is 11.1 Å². The third kappa shape index (κ3) is 6.72. The first-order valence-corrected chi connectivity index (χ1v) is 10.5. The van der Waals surface area contributed by atoms with Crippen LogP contribution in [0.2, 0.25) is 0 Å². The molecule has 161 valence electrons. The molecule has 0 atom stereocenters. The van der Waals surface area contributed by atoms with E-state index in [2.05, 4.69) is 21.5 Å². The standard InChI is InChI=1S/C18H16N5O6S2/c19-17(24)28-9-16-21-7-14(31-16)13-10-30-15(22-13)5-6-20-18(25)29-8-11-1-3-12(4-2-11)23(26)27/h1-4,10H,5-6,8-9H2,(H2,19,24)(H,20,25). The molecule has 0 aliphatic heterocycles. The molecule has 3 aromatic rings. The van der Waals surface area contributed by atoms with Crippen molar-refractivity contribution in [2.45, 2.75) is 19.6 Å². The van der Waals surface area contributed by atoms with Crippen LogP contribution in [0.5, 0.6) is 0 Å². The third-order valence-electron chi connectivity index (χ3n) is 3.75. The Balaban J connectivity index is 1.40. The molecule has 2 amide bonds. The molecule has 2 heterocycles. The first-order chi connectivity index (χ1) is 14.9. The van der Waals surface area contributed by atoms with Crippen LogP contribution >= 0.6 is 22.7 Å². The first-order valence-electron chi connectivity index (χ1n) is 8.79. The van der Waals surface area contributed by atoms with Gasteiger partial charge in [-0.2, -0.15) is 0 Å². The summed E-state index contributed by atoms with van der Waals surface area (Å²) in [4.78, 5) is 41.8. The Kier molecular flexibility index (Phi) is 7.45. The second-order valence-electron chi connectivity index (χ2n) is 5.96. The van der Waals surface area contributed by atoms with E-state index in [1.54, 1.807) is 0 Å². The van der Waals surface area contributed by atoms with E-state index in [4.69, 9.17) is 15.2 Å². The van der Waals surface area contributed by atoms with Crippen LogP contribution in [-0.2, 0) is 29.1 Å². The number of primary amides is 1. The summed E-state index contributed by atoms with van der Waals surface area (Å²) in [6.07, 6.45) is 1.87. The molecule has 31 heavy (non-hydrogen) atoms. The highest BCUT2D eigenvalue weighted by Gasteiger charge is 2.11. The number of carbonyl (C=O) groups excluding carboxylic acids is 2. The van der Waals surface area contributed by atoms with E-state index in [9.17, 15) is 19.7 Å². The van der Waals surface area contributed by atoms with Crippen molar-refractivity contribution >= 4 is 40.5 Å². The molecular formula is C18H16N5O6S2. The molecule has 0 spiro atoms. The minimum absolute atomic E-state index is 0.00818. The fraction of sp³-hybridized carbons (Fsp3) is 0.222. The van der Waals surface area contributed by atoms with Crippen molar-refractivity contribution in [1.29, 1.82) is 0 Å². The largest absolute Gasteiger partial charge is 0.445 e. The van der Waals surface area contributed by atoms with Gasteiger partial charge in [-0.15, -0.1) is 22.7 Å². The number of rotatable bonds is 9. The van der Waals surface area contributed by atoms with E-state index >= 15 is 0 Å². The number of alkyl carbamates (subject to hydrolysis) is 1. The number of hydrogen-bond acceptors (Lipinski definition) is 10. The number of amides is 2. The number of nitrogens with two attached hydrogens (primary N) is 1. The zero-order valence-corrected chi connectivity index (χ0v) is 17.5. The van der Waals surface area contributed by atoms with E-state index in [-0.39, 0.29) is 18.9 Å². The van der Waals surface area contributed by atoms with Crippen molar-refractivity contribution in [2.24, 2.45) is 5.73 Å². The molecule has 3 rings (SSSR count). The van der Waals surface area contributed by atoms with Crippen molar-refractivity contribution in [3.05, 3.63) is 61.5 Å². The Labute approximate surface area is 184 Å². The maximum Gasteiger partial charge on any atom is 0.407 e. The van der Waals surface area contributed by atoms with Crippen LogP contribution in [0, 0.1) is 16.3 Å². The van der Waals surface area contributed by atoms with Gasteiger partial charge in [0.1, 0.15) is 24.4 Å². The zero-order chi connectivity index (χ0) is 22.2. The minimum Gasteiger partial charge on any atom is -0.445 e. The van der Waals surface area contributed by atoms with Gasteiger partial charge >= 0.3 is 12.2 Å². The number of nitro groups is 1. The summed E-state index contributed by atoms with van der Waals surface area (Å²) in [6.45, 7) is 0.323. The average molecular weight is 462 g/mol. The number of hydrogen-bond donors (Lipinski definition) is 2. The second-order valence-corrected chi connectivity index (χ2v) is 7.99. The Hall–Kier alpha value is -3.58. The monoisotopic (exact) mass is 462 g/mol. The van der Waals surface area contributed by atoms with Crippen LogP contribution in [-0.4, -0.2) is 33.6 Å². The fourth-order valence-corrected chi connectivity index (χ4v) is 3.91. The summed E-state index contributed by atoms with van der Waals surface area (Å²) in [5.74, 6) is 0. The maximum absolute atomic E-state index is 11.8. The van der Waals surface area contributed by atoms with Gasteiger partial charge in [0.15, 0.2) is 0 Å². The predicted molar refractivity (Wildman–Crippen MR) is 111 cm³/mol. The number of aromatic nitrogens is 2. The highest BCUT2D eigenvalue weighted by molar-refractivity contribution is 7.15. The quantitative estimate of drug-likeness (QED) is 0.362. The SMILES string of the molecule is NC(=O)OCc1n[c]c(-c2csc(CCNC(=O)OCc3ccc([N+](=O)[O-])cc3)n2)s1. The topological polar surface area (TPSA) is 160 Å². The lowest BCUT2D eigenvalue weighted by atomic mass is 10.2. The number of thiazole rings is 2. The average Bonchev–Trinajstić information content (AvgIpc) is 3.40. The summed E-state index contributed by atoms with van der Waals surface area (Å²) in [7, 11) is 0. The first kappa shape index (κ1) is 22.1. The number of nitrogens with zero attached hydrogens (tertiary/aromatic N) is 3. The van der Waals surface area contributed by atoms with Gasteiger partial charge in [0.25, 0.3) is 5.69 Å². The minimum atomic E-state index is -0.869. The van der Waals surface area contributed by atoms with Crippen LogP contribution in [0.1, 0.15) is 15.6 Å². The van der Waals surface area contributed by atoms with Gasteiger partial charge in [-0.25, -0.2) is 19.6 Å². The number of non-ortho nitro benzene ring substituents is 1. The number of carbonyl (C=O) groups is 2. The van der Waals surface area contributed by atoms with E-state index < -0.39 is 17.1 Å². The van der Waals surface area contributed by atoms with Crippen molar-refractivity contribution in [3.8, 4) is 10.6 Å². The smallest absolute Gasteiger partial charge is 0.407 e. The molecule has 0 bridgehead atoms. The summed E-state index contributed by atoms with van der Waals surface area (Å²) in [5, 5.41) is 16.5. The Morgan fingerprint density at radius 1 is 1.19 bits per heavy atom. The van der Waals surface area contributed by atoms with E-state index in [0.29, 0.717) is 34.1 Å². The number of nitro benzene ring substituents is 1. The van der Waals surface area contributed by atoms with Crippen molar-refractivity contribution in [3.63, 3.8) is 0 Å². The van der Waals surface area contributed by atoms with Crippen LogP contribution in [0.15, 0.2) is 29.6 Å². The Morgan fingerprint density at radius 3 is 2.68 bits per heavy atom. The van der Waals surface area contributed by atoms with E-state index in [1.165, 1.54) is 46.9 Å². The number of ether oxygens (including phenoxy) is 2. The van der Waals surface area contributed by atoms with Gasteiger partial charge in [0, 0.05) is 30.5 Å². The molecule has 11 nitrogen and oxygen atoms in total. The predicted octanol–water partition coefficient (Wildman–Crippen LogP) is 3.04. The highest BCUT2D eigenvalue weighted by Crippen LogP contribution is 2.27. The van der Waals surface area contributed by atoms with Gasteiger partial charge < -0.3 is 20.5 Å². The molecule has 0 aliphatic rings. The van der Waals surface area contributed by atoms with Gasteiger partial charge in [-0.1, -0.05) is 0 Å². The molecule has 0 saturated heterocycles. The zero-order valence-electron chi connectivity index (χ0n) is 15.9. The molecule has 1 aromatic carbocycles. The van der Waals surface area contributed by atoms with E-state index in [1.807, 2.05) is 5.38 Å². The molecule has 0 saturated carbocycles. The fourth-order valence-electron chi connectivity index (χ4n) is 2.30. The second kappa shape index (κ2) is 10.4. The normalized spacial score (nSPS) is 10.5. The van der Waals surface area contributed by atoms with Gasteiger partial charge in [0.05, 0.1) is 20.5 Å². The number of benzene rings is 1. The third-order valence-corrected chi connectivity index (χ3v) is 5.61. The summed E-state index contributed by atoms with van der Waals surface area (Å²) < 4.78 is 9.78. The van der Waals surface area contributed by atoms with Gasteiger partial charge in [0.2, 0.25) is 0 Å². The van der Waals surface area contributed by atoms with Crippen molar-refractivity contribution < 1.29 is 24.0 Å². The van der Waals surface area contributed by atoms with Crippen LogP contribution in [0.25, 0.3) is 10.6 Å². The molecule has 1 radical (unpaired) electrons. The summed E-state index contributed by atoms with van der Waals surface area (Å²) >= 11 is 2.73. The van der Waals surface area contributed by atoms with Crippen molar-refractivity contribution in [1.82, 2.24) is 15.3 Å². The Bertz CT molecular complexity index is 1070. The molecular weight excluding hydrogens is 446 g/mol. The lowest BCUT2D eigenvalue weighted by Gasteiger charge is -2.06. The van der Waals surface area contributed by atoms with Crippen LogP contribution in [0.4, 0.5) is 15.3 Å². The number of nitrogens with one attached hydrogen (secondary N) is 1. The molecule has 3 N–H and O–H groups in total. The lowest BCUT2D eigenvalue weighted by molar-refractivity contribution is -0.384. The molecule has 0 aliphatic carbocycles. The Morgan fingerprint density at radius 2 is 1.97 bits per heavy atom. The molecule has 0 unspecified atom stereocenters. The van der Waals surface area contributed by atoms with E-state index in [0.717, 1.165) is 5.01 Å². The van der Waals surface area contributed by atoms with Crippen LogP contribution in [0.3, 0.4) is 0 Å². The van der Waals surface area contributed by atoms with Gasteiger partial charge in [-0.05, 0) is 17.7 Å². The highest BCUT2D eigenvalue weighted by atomic mass is 32.1. The lowest BCUT2D eigenvalue weighted by Crippen LogP contribution is -2.26. The molecule has 13 heteroatoms.